The van der Waals surface area contributed by atoms with Crippen molar-refractivity contribution in [3.8, 4) is 11.8 Å². The lowest BCUT2D eigenvalue weighted by atomic mass is 9.86. The summed E-state index contributed by atoms with van der Waals surface area (Å²) in [4.78, 5) is 13.3. The summed E-state index contributed by atoms with van der Waals surface area (Å²) in [5.74, 6) is 0.141. The molecule has 0 aromatic carbocycles. The molecule has 1 atom stereocenters. The van der Waals surface area contributed by atoms with Crippen LogP contribution >= 0.6 is 0 Å². The molecule has 4 N–H and O–H groups in total. The summed E-state index contributed by atoms with van der Waals surface area (Å²) in [6.07, 6.45) is 3.72. The molecule has 0 bridgehead atoms. The predicted octanol–water partition coefficient (Wildman–Crippen LogP) is 0.339. The van der Waals surface area contributed by atoms with Crippen LogP contribution in [0.2, 0.25) is 0 Å². The molecule has 84 valence electrons. The van der Waals surface area contributed by atoms with Crippen LogP contribution in [0, 0.1) is 0 Å². The molecular formula is C11H12N2O3. The Morgan fingerprint density at radius 3 is 2.62 bits per heavy atom. The van der Waals surface area contributed by atoms with E-state index in [4.69, 9.17) is 0 Å². The molecule has 1 amide bonds. The fourth-order valence-corrected chi connectivity index (χ4v) is 2.32. The van der Waals surface area contributed by atoms with Gasteiger partial charge in [0.05, 0.1) is 12.5 Å². The highest BCUT2D eigenvalue weighted by molar-refractivity contribution is 5.84. The first-order valence-corrected chi connectivity index (χ1v) is 5.25. The van der Waals surface area contributed by atoms with Crippen LogP contribution in [-0.2, 0) is 17.6 Å². The number of fused-ring (bicyclic) bond motifs is 1. The second-order valence-electron chi connectivity index (χ2n) is 4.26. The smallest absolute Gasteiger partial charge is 0.222 e. The van der Waals surface area contributed by atoms with Gasteiger partial charge in [0.1, 0.15) is 0 Å². The molecular weight excluding hydrogens is 208 g/mol. The van der Waals surface area contributed by atoms with Crippen molar-refractivity contribution >= 4 is 5.91 Å². The highest BCUT2D eigenvalue weighted by Gasteiger charge is 2.31. The molecule has 1 aromatic rings. The normalized spacial score (nSPS) is 23.1. The minimum Gasteiger partial charge on any atom is -0.494 e. The Kier molecular flexibility index (Phi) is 1.77. The van der Waals surface area contributed by atoms with Crippen molar-refractivity contribution in [3.05, 3.63) is 22.8 Å². The monoisotopic (exact) mass is 220 g/mol. The number of aromatic amines is 1. The van der Waals surface area contributed by atoms with Gasteiger partial charge in [0.15, 0.2) is 11.8 Å². The zero-order chi connectivity index (χ0) is 11.3. The number of carbonyl (C=O) groups excluding carboxylic acids is 1. The zero-order valence-electron chi connectivity index (χ0n) is 8.58. The highest BCUT2D eigenvalue weighted by atomic mass is 16.3. The molecule has 1 aliphatic carbocycles. The van der Waals surface area contributed by atoms with E-state index in [2.05, 4.69) is 10.3 Å². The van der Waals surface area contributed by atoms with Crippen molar-refractivity contribution in [3.63, 3.8) is 0 Å². The molecule has 1 aromatic heterocycles. The van der Waals surface area contributed by atoms with Gasteiger partial charge in [0.2, 0.25) is 5.91 Å². The van der Waals surface area contributed by atoms with Crippen molar-refractivity contribution in [2.45, 2.75) is 25.3 Å². The van der Waals surface area contributed by atoms with E-state index in [0.717, 1.165) is 16.7 Å². The van der Waals surface area contributed by atoms with Gasteiger partial charge in [0, 0.05) is 17.5 Å². The Bertz CT molecular complexity index is 494. The van der Waals surface area contributed by atoms with Gasteiger partial charge < -0.3 is 15.5 Å². The van der Waals surface area contributed by atoms with E-state index < -0.39 is 0 Å². The summed E-state index contributed by atoms with van der Waals surface area (Å²) in [6, 6.07) is 0.108. The van der Waals surface area contributed by atoms with Gasteiger partial charge in [0.25, 0.3) is 0 Å². The van der Waals surface area contributed by atoms with Crippen LogP contribution in [0.25, 0.3) is 0 Å². The number of allylic oxidation sites excluding steroid dienone is 1. The fraction of sp³-hybridized carbons (Fsp3) is 0.364. The molecule has 1 unspecified atom stereocenters. The standard InChI is InChI=1S/C11H12N2O3/c14-9-4-8(12-9)5-1-2-6-7(3-5)11(16)13-10(6)15/h1,8,13,15-16H,2-4H2,(H,12,14). The first-order valence-electron chi connectivity index (χ1n) is 5.25. The third kappa shape index (κ3) is 1.21. The molecule has 5 heteroatoms. The minimum atomic E-state index is 0.0313. The molecule has 5 nitrogen and oxygen atoms in total. The predicted molar refractivity (Wildman–Crippen MR) is 56.2 cm³/mol. The molecule has 0 spiro atoms. The summed E-state index contributed by atoms with van der Waals surface area (Å²) in [7, 11) is 0. The lowest BCUT2D eigenvalue weighted by Gasteiger charge is -2.31. The van der Waals surface area contributed by atoms with Crippen LogP contribution in [0.3, 0.4) is 0 Å². The van der Waals surface area contributed by atoms with Crippen molar-refractivity contribution in [1.29, 1.82) is 0 Å². The number of aromatic hydroxyl groups is 2. The second kappa shape index (κ2) is 3.04. The number of hydrogen-bond donors (Lipinski definition) is 4. The van der Waals surface area contributed by atoms with Crippen molar-refractivity contribution < 1.29 is 15.0 Å². The zero-order valence-corrected chi connectivity index (χ0v) is 8.58. The fourth-order valence-electron chi connectivity index (χ4n) is 2.32. The van der Waals surface area contributed by atoms with Crippen LogP contribution in [0.15, 0.2) is 11.6 Å². The maximum Gasteiger partial charge on any atom is 0.222 e. The van der Waals surface area contributed by atoms with Crippen molar-refractivity contribution in [2.75, 3.05) is 0 Å². The number of aromatic nitrogens is 1. The number of H-pyrrole nitrogens is 1. The molecule has 16 heavy (non-hydrogen) atoms. The maximum atomic E-state index is 10.8. The summed E-state index contributed by atoms with van der Waals surface area (Å²) < 4.78 is 0. The van der Waals surface area contributed by atoms with Gasteiger partial charge >= 0.3 is 0 Å². The molecule has 1 aliphatic heterocycles. The molecule has 1 saturated heterocycles. The molecule has 0 saturated carbocycles. The molecule has 2 heterocycles. The molecule has 1 fully saturated rings. The van der Waals surface area contributed by atoms with Gasteiger partial charge in [-0.3, -0.25) is 9.78 Å². The van der Waals surface area contributed by atoms with Crippen LogP contribution in [-0.4, -0.2) is 27.1 Å². The first-order chi connectivity index (χ1) is 7.65. The van der Waals surface area contributed by atoms with Crippen LogP contribution in [0.5, 0.6) is 11.8 Å². The molecule has 2 aliphatic rings. The van der Waals surface area contributed by atoms with Crippen molar-refractivity contribution in [2.24, 2.45) is 0 Å². The summed E-state index contributed by atoms with van der Waals surface area (Å²) in [5, 5.41) is 21.9. The largest absolute Gasteiger partial charge is 0.494 e. The van der Waals surface area contributed by atoms with Gasteiger partial charge in [-0.25, -0.2) is 0 Å². The minimum absolute atomic E-state index is 0.0313. The Labute approximate surface area is 91.8 Å². The quantitative estimate of drug-likeness (QED) is 0.406. The number of β-lactam (4-membered cyclic amide) rings is 1. The number of amides is 1. The highest BCUT2D eigenvalue weighted by Crippen LogP contribution is 2.36. The van der Waals surface area contributed by atoms with Gasteiger partial charge in [-0.1, -0.05) is 6.08 Å². The Morgan fingerprint density at radius 2 is 1.94 bits per heavy atom. The molecule has 0 radical (unpaired) electrons. The first kappa shape index (κ1) is 9.33. The third-order valence-corrected chi connectivity index (χ3v) is 3.29. The lowest BCUT2D eigenvalue weighted by Crippen LogP contribution is -2.50. The summed E-state index contributed by atoms with van der Waals surface area (Å²) >= 11 is 0. The van der Waals surface area contributed by atoms with E-state index in [1.807, 2.05) is 6.08 Å². The second-order valence-corrected chi connectivity index (χ2v) is 4.26. The number of hydrogen-bond acceptors (Lipinski definition) is 3. The lowest BCUT2D eigenvalue weighted by molar-refractivity contribution is -0.127. The Morgan fingerprint density at radius 1 is 1.25 bits per heavy atom. The summed E-state index contributed by atoms with van der Waals surface area (Å²) in [5.41, 5.74) is 2.62. The molecule has 3 rings (SSSR count). The van der Waals surface area contributed by atoms with Gasteiger partial charge in [-0.2, -0.15) is 0 Å². The van der Waals surface area contributed by atoms with E-state index >= 15 is 0 Å². The number of carbonyl (C=O) groups is 1. The van der Waals surface area contributed by atoms with Crippen LogP contribution < -0.4 is 5.32 Å². The number of rotatable bonds is 1. The maximum absolute atomic E-state index is 10.8. The Balaban J connectivity index is 1.86. The average Bonchev–Trinajstić information content (AvgIpc) is 2.50. The van der Waals surface area contributed by atoms with Crippen molar-refractivity contribution in [1.82, 2.24) is 10.3 Å². The van der Waals surface area contributed by atoms with E-state index in [-0.39, 0.29) is 23.7 Å². The van der Waals surface area contributed by atoms with E-state index in [1.165, 1.54) is 0 Å². The van der Waals surface area contributed by atoms with E-state index in [1.54, 1.807) is 0 Å². The van der Waals surface area contributed by atoms with Gasteiger partial charge in [-0.15, -0.1) is 0 Å². The average molecular weight is 220 g/mol. The van der Waals surface area contributed by atoms with E-state index in [0.29, 0.717) is 19.3 Å². The summed E-state index contributed by atoms with van der Waals surface area (Å²) in [6.45, 7) is 0. The number of nitrogens with one attached hydrogen (secondary N) is 2. The topological polar surface area (TPSA) is 85.3 Å². The van der Waals surface area contributed by atoms with E-state index in [9.17, 15) is 15.0 Å². The third-order valence-electron chi connectivity index (χ3n) is 3.29. The SMILES string of the molecule is O=C1CC(C2=CCc3c(O)[nH]c(O)c3C2)N1. The Hall–Kier alpha value is -1.91. The van der Waals surface area contributed by atoms with Gasteiger partial charge in [-0.05, 0) is 12.0 Å². The van der Waals surface area contributed by atoms with Crippen LogP contribution in [0.1, 0.15) is 17.5 Å². The van der Waals surface area contributed by atoms with Crippen LogP contribution in [0.4, 0.5) is 0 Å².